The largest absolute Gasteiger partial charge is 0.388 e. The molecule has 148 valence electrons. The maximum Gasteiger partial charge on any atom is 0.287 e. The molecule has 1 atom stereocenters. The van der Waals surface area contributed by atoms with Crippen LogP contribution in [0.2, 0.25) is 0 Å². The van der Waals surface area contributed by atoms with E-state index < -0.39 is 0 Å². The normalized spacial score (nSPS) is 13.8. The van der Waals surface area contributed by atoms with Crippen LogP contribution in [0.5, 0.6) is 0 Å². The van der Waals surface area contributed by atoms with Gasteiger partial charge in [0.2, 0.25) is 11.7 Å². The molecule has 0 radical (unpaired) electrons. The van der Waals surface area contributed by atoms with E-state index in [9.17, 15) is 9.90 Å². The van der Waals surface area contributed by atoms with Crippen LogP contribution in [0.1, 0.15) is 28.8 Å². The molecular weight excluding hydrogens is 390 g/mol. The number of nitrogens with one attached hydrogen (secondary N) is 2. The number of aliphatic imine (C=N–C) groups is 1. The van der Waals surface area contributed by atoms with Crippen LogP contribution in [0.3, 0.4) is 0 Å². The van der Waals surface area contributed by atoms with Crippen LogP contribution in [-0.2, 0) is 11.4 Å². The zero-order valence-electron chi connectivity index (χ0n) is 15.6. The number of amides is 1. The number of carbonyl (C=O) groups excluding carboxylic acids is 1. The van der Waals surface area contributed by atoms with Gasteiger partial charge < -0.3 is 19.7 Å². The predicted octanol–water partition coefficient (Wildman–Crippen LogP) is 2.46. The molecule has 4 rings (SSSR count). The van der Waals surface area contributed by atoms with E-state index in [1.54, 1.807) is 0 Å². The summed E-state index contributed by atoms with van der Waals surface area (Å²) >= 11 is 1.36. The Kier molecular flexibility index (Phi) is 5.59. The summed E-state index contributed by atoms with van der Waals surface area (Å²) in [7, 11) is 0. The van der Waals surface area contributed by atoms with Crippen molar-refractivity contribution < 1.29 is 14.4 Å². The van der Waals surface area contributed by atoms with Crippen molar-refractivity contribution in [1.82, 2.24) is 20.2 Å². The van der Waals surface area contributed by atoms with Gasteiger partial charge in [0.05, 0.1) is 16.5 Å². The number of amidine groups is 1. The highest BCUT2D eigenvalue weighted by Gasteiger charge is 2.24. The van der Waals surface area contributed by atoms with E-state index in [2.05, 4.69) is 25.2 Å². The average molecular weight is 409 g/mol. The summed E-state index contributed by atoms with van der Waals surface area (Å²) in [6, 6.07) is 15.4. The van der Waals surface area contributed by atoms with Gasteiger partial charge >= 0.3 is 0 Å². The molecule has 8 nitrogen and oxygen atoms in total. The smallest absolute Gasteiger partial charge is 0.287 e. The SMILES string of the molecule is Cc1ccc2c(c1)SNC(C(=O)NCC(c1ccccc1)c1nc(CO)no1)=N2. The summed E-state index contributed by atoms with van der Waals surface area (Å²) in [6.07, 6.45) is 0. The number of hydrogen-bond donors (Lipinski definition) is 3. The van der Waals surface area contributed by atoms with Gasteiger partial charge in [0.15, 0.2) is 5.82 Å². The van der Waals surface area contributed by atoms with Gasteiger partial charge in [-0.15, -0.1) is 0 Å². The van der Waals surface area contributed by atoms with E-state index in [0.29, 0.717) is 5.89 Å². The molecule has 0 fully saturated rings. The summed E-state index contributed by atoms with van der Waals surface area (Å²) in [5.74, 6) is 0.0918. The highest BCUT2D eigenvalue weighted by atomic mass is 32.2. The Balaban J connectivity index is 1.51. The third kappa shape index (κ3) is 4.30. The highest BCUT2D eigenvalue weighted by Crippen LogP contribution is 2.32. The summed E-state index contributed by atoms with van der Waals surface area (Å²) in [6.45, 7) is 1.94. The standard InChI is InChI=1S/C20H19N5O3S/c1-12-7-8-15-16(9-12)29-25-18(22-15)19(27)21-10-14(13-5-3-2-4-6-13)20-23-17(11-26)24-28-20/h2-9,14,26H,10-11H2,1H3,(H,21,27)(H,22,25). The molecule has 29 heavy (non-hydrogen) atoms. The third-order valence-electron chi connectivity index (χ3n) is 4.41. The number of nitrogens with zero attached hydrogens (tertiary/aromatic N) is 3. The van der Waals surface area contributed by atoms with Crippen LogP contribution in [-0.4, -0.2) is 33.5 Å². The number of aliphatic hydroxyl groups excluding tert-OH is 1. The molecular formula is C20H19N5O3S. The summed E-state index contributed by atoms with van der Waals surface area (Å²) < 4.78 is 8.27. The van der Waals surface area contributed by atoms with E-state index in [0.717, 1.165) is 21.7 Å². The Morgan fingerprint density at radius 1 is 1.28 bits per heavy atom. The van der Waals surface area contributed by atoms with Crippen LogP contribution in [0.4, 0.5) is 5.69 Å². The second kappa shape index (κ2) is 8.46. The first-order valence-electron chi connectivity index (χ1n) is 9.02. The van der Waals surface area contributed by atoms with Gasteiger partial charge in [-0.2, -0.15) is 4.98 Å². The van der Waals surface area contributed by atoms with Crippen molar-refractivity contribution in [3.05, 3.63) is 71.4 Å². The average Bonchev–Trinajstić information content (AvgIpc) is 3.23. The molecule has 3 aromatic rings. The topological polar surface area (TPSA) is 113 Å². The number of aryl methyl sites for hydroxylation is 1. The van der Waals surface area contributed by atoms with Gasteiger partial charge in [0.1, 0.15) is 6.61 Å². The lowest BCUT2D eigenvalue weighted by molar-refractivity contribution is -0.115. The van der Waals surface area contributed by atoms with Gasteiger partial charge in [-0.3, -0.25) is 4.79 Å². The number of aliphatic hydroxyl groups is 1. The molecule has 0 spiro atoms. The molecule has 0 aliphatic carbocycles. The molecule has 0 saturated carbocycles. The van der Waals surface area contributed by atoms with Crippen LogP contribution in [0.15, 0.2) is 62.9 Å². The first-order valence-corrected chi connectivity index (χ1v) is 9.84. The van der Waals surface area contributed by atoms with Crippen LogP contribution >= 0.6 is 11.9 Å². The Morgan fingerprint density at radius 2 is 2.10 bits per heavy atom. The van der Waals surface area contributed by atoms with Gasteiger partial charge in [-0.1, -0.05) is 41.6 Å². The van der Waals surface area contributed by atoms with E-state index in [1.807, 2.05) is 55.5 Å². The summed E-state index contributed by atoms with van der Waals surface area (Å²) in [5, 5.41) is 15.8. The van der Waals surface area contributed by atoms with Crippen molar-refractivity contribution in [3.63, 3.8) is 0 Å². The quantitative estimate of drug-likeness (QED) is 0.536. The number of aromatic nitrogens is 2. The first kappa shape index (κ1) is 19.2. The second-order valence-electron chi connectivity index (χ2n) is 6.52. The molecule has 9 heteroatoms. The van der Waals surface area contributed by atoms with Crippen molar-refractivity contribution in [2.45, 2.75) is 24.3 Å². The van der Waals surface area contributed by atoms with Crippen molar-refractivity contribution in [2.75, 3.05) is 6.54 Å². The number of carbonyl (C=O) groups is 1. The molecule has 1 amide bonds. The highest BCUT2D eigenvalue weighted by molar-refractivity contribution is 7.98. The molecule has 1 unspecified atom stereocenters. The summed E-state index contributed by atoms with van der Waals surface area (Å²) in [4.78, 5) is 22.3. The van der Waals surface area contributed by atoms with Gasteiger partial charge in [-0.05, 0) is 42.1 Å². The predicted molar refractivity (Wildman–Crippen MR) is 109 cm³/mol. The minimum atomic E-state index is -0.347. The van der Waals surface area contributed by atoms with Gasteiger partial charge in [0, 0.05) is 6.54 Å². The Bertz CT molecular complexity index is 1050. The fourth-order valence-electron chi connectivity index (χ4n) is 2.92. The molecule has 0 saturated heterocycles. The Labute approximate surface area is 171 Å². The molecule has 3 N–H and O–H groups in total. The van der Waals surface area contributed by atoms with Gasteiger partial charge in [-0.25, -0.2) is 4.99 Å². The lowest BCUT2D eigenvalue weighted by atomic mass is 9.99. The molecule has 0 bridgehead atoms. The number of fused-ring (bicyclic) bond motifs is 1. The van der Waals surface area contributed by atoms with Crippen molar-refractivity contribution in [2.24, 2.45) is 4.99 Å². The maximum atomic E-state index is 12.7. The number of benzene rings is 2. The van der Waals surface area contributed by atoms with Crippen molar-refractivity contribution in [1.29, 1.82) is 0 Å². The first-order chi connectivity index (χ1) is 14.1. The zero-order valence-corrected chi connectivity index (χ0v) is 16.4. The zero-order chi connectivity index (χ0) is 20.2. The lowest BCUT2D eigenvalue weighted by Crippen LogP contribution is -2.40. The monoisotopic (exact) mass is 409 g/mol. The van der Waals surface area contributed by atoms with Crippen molar-refractivity contribution in [3.8, 4) is 0 Å². The Morgan fingerprint density at radius 3 is 2.86 bits per heavy atom. The minimum Gasteiger partial charge on any atom is -0.388 e. The lowest BCUT2D eigenvalue weighted by Gasteiger charge is -2.18. The molecule has 2 aromatic carbocycles. The maximum absolute atomic E-state index is 12.7. The van der Waals surface area contributed by atoms with Crippen molar-refractivity contribution >= 4 is 29.4 Å². The van der Waals surface area contributed by atoms with Gasteiger partial charge in [0.25, 0.3) is 5.91 Å². The number of hydrogen-bond acceptors (Lipinski definition) is 8. The van der Waals surface area contributed by atoms with Crippen LogP contribution in [0.25, 0.3) is 0 Å². The molecule has 1 aliphatic rings. The fraction of sp³-hybridized carbons (Fsp3) is 0.200. The molecule has 1 aliphatic heterocycles. The number of rotatable bonds is 6. The van der Waals surface area contributed by atoms with Crippen LogP contribution in [0, 0.1) is 6.92 Å². The minimum absolute atomic E-state index is 0.203. The van der Waals surface area contributed by atoms with E-state index in [4.69, 9.17) is 4.52 Å². The third-order valence-corrected chi connectivity index (χ3v) is 5.25. The van der Waals surface area contributed by atoms with E-state index in [-0.39, 0.29) is 36.6 Å². The van der Waals surface area contributed by atoms with Crippen LogP contribution < -0.4 is 10.0 Å². The van der Waals surface area contributed by atoms with E-state index >= 15 is 0 Å². The molecule has 1 aromatic heterocycles. The fourth-order valence-corrected chi connectivity index (χ4v) is 3.73. The molecule has 2 heterocycles. The Hall–Kier alpha value is -3.17. The summed E-state index contributed by atoms with van der Waals surface area (Å²) in [5.41, 5.74) is 2.80. The van der Waals surface area contributed by atoms with E-state index in [1.165, 1.54) is 11.9 Å². The second-order valence-corrected chi connectivity index (χ2v) is 7.36.